The van der Waals surface area contributed by atoms with Gasteiger partial charge in [0, 0.05) is 22.0 Å². The summed E-state index contributed by atoms with van der Waals surface area (Å²) in [6, 6.07) is 37.8. The molecule has 2 aromatic heterocycles. The lowest BCUT2D eigenvalue weighted by Gasteiger charge is -2.09. The predicted octanol–water partition coefficient (Wildman–Crippen LogP) is 8.20. The zero-order valence-electron chi connectivity index (χ0n) is 18.1. The molecule has 0 saturated heterocycles. The molecule has 0 atom stereocenters. The van der Waals surface area contributed by atoms with Crippen LogP contribution in [0.5, 0.6) is 0 Å². The van der Waals surface area contributed by atoms with E-state index in [1.807, 2.05) is 30.3 Å². The molecule has 3 nitrogen and oxygen atoms in total. The van der Waals surface area contributed by atoms with Gasteiger partial charge in [0.15, 0.2) is 5.15 Å². The van der Waals surface area contributed by atoms with E-state index in [0.29, 0.717) is 10.8 Å². The molecule has 160 valence electrons. The fraction of sp³-hybridized carbons (Fsp3) is 0. The van der Waals surface area contributed by atoms with Crippen LogP contribution in [0.4, 0.5) is 0 Å². The van der Waals surface area contributed by atoms with E-state index in [-0.39, 0.29) is 0 Å². The molecule has 0 saturated carbocycles. The first-order valence-corrected chi connectivity index (χ1v) is 11.6. The van der Waals surface area contributed by atoms with Crippen LogP contribution < -0.4 is 0 Å². The molecule has 5 aromatic carbocycles. The third-order valence-corrected chi connectivity index (χ3v) is 6.71. The molecule has 0 spiro atoms. The number of halogens is 1. The smallest absolute Gasteiger partial charge is 0.156 e. The summed E-state index contributed by atoms with van der Waals surface area (Å²) < 4.78 is 2.33. The summed E-state index contributed by atoms with van der Waals surface area (Å²) >= 11 is 6.56. The van der Waals surface area contributed by atoms with Gasteiger partial charge in [-0.05, 0) is 59.3 Å². The summed E-state index contributed by atoms with van der Waals surface area (Å²) in [6.07, 6.45) is 0. The second kappa shape index (κ2) is 7.41. The number of aromatic nitrogens is 3. The Bertz CT molecular complexity index is 1870. The van der Waals surface area contributed by atoms with Crippen molar-refractivity contribution in [3.8, 4) is 16.9 Å². The molecular weight excluding hydrogens is 438 g/mol. The number of rotatable bonds is 2. The highest BCUT2D eigenvalue weighted by molar-refractivity contribution is 6.32. The molecule has 34 heavy (non-hydrogen) atoms. The first kappa shape index (κ1) is 19.3. The van der Waals surface area contributed by atoms with E-state index in [1.54, 1.807) is 0 Å². The topological polar surface area (TPSA) is 30.7 Å². The minimum absolute atomic E-state index is 0.414. The molecule has 7 rings (SSSR count). The summed E-state index contributed by atoms with van der Waals surface area (Å²) in [5.41, 5.74) is 6.80. The van der Waals surface area contributed by atoms with E-state index >= 15 is 0 Å². The minimum Gasteiger partial charge on any atom is -0.309 e. The molecule has 0 amide bonds. The maximum atomic E-state index is 6.56. The van der Waals surface area contributed by atoms with Crippen molar-refractivity contribution in [2.24, 2.45) is 0 Å². The van der Waals surface area contributed by atoms with Crippen molar-refractivity contribution in [3.63, 3.8) is 0 Å². The van der Waals surface area contributed by atoms with Gasteiger partial charge in [-0.1, -0.05) is 72.3 Å². The highest BCUT2D eigenvalue weighted by atomic mass is 35.5. The highest BCUT2D eigenvalue weighted by Crippen LogP contribution is 2.36. The Morgan fingerprint density at radius 3 is 2.15 bits per heavy atom. The Morgan fingerprint density at radius 2 is 1.29 bits per heavy atom. The Morgan fingerprint density at radius 1 is 0.559 bits per heavy atom. The zero-order valence-corrected chi connectivity index (χ0v) is 18.9. The first-order valence-electron chi connectivity index (χ1n) is 11.2. The van der Waals surface area contributed by atoms with Crippen molar-refractivity contribution in [1.29, 1.82) is 0 Å². The van der Waals surface area contributed by atoms with Crippen molar-refractivity contribution in [2.75, 3.05) is 0 Å². The maximum absolute atomic E-state index is 6.56. The molecule has 0 bridgehead atoms. The van der Waals surface area contributed by atoms with Crippen molar-refractivity contribution in [1.82, 2.24) is 14.5 Å². The number of benzene rings is 5. The molecule has 0 aliphatic heterocycles. The van der Waals surface area contributed by atoms with Gasteiger partial charge in [0.2, 0.25) is 0 Å². The van der Waals surface area contributed by atoms with Gasteiger partial charge in [0.1, 0.15) is 5.69 Å². The minimum atomic E-state index is 0.414. The first-order chi connectivity index (χ1) is 16.8. The third-order valence-electron chi connectivity index (χ3n) is 6.45. The second-order valence-electron chi connectivity index (χ2n) is 8.47. The average Bonchev–Trinajstić information content (AvgIpc) is 3.20. The molecule has 0 unspecified atom stereocenters. The Hall–Kier alpha value is -4.21. The van der Waals surface area contributed by atoms with Crippen LogP contribution in [0.2, 0.25) is 5.15 Å². The molecule has 0 aliphatic carbocycles. The molecular formula is C30H18ClN3. The summed E-state index contributed by atoms with van der Waals surface area (Å²) in [6.45, 7) is 0. The molecule has 0 radical (unpaired) electrons. The molecule has 0 fully saturated rings. The van der Waals surface area contributed by atoms with Crippen LogP contribution >= 0.6 is 11.6 Å². The van der Waals surface area contributed by atoms with Gasteiger partial charge in [-0.25, -0.2) is 9.97 Å². The quantitative estimate of drug-likeness (QED) is 0.263. The van der Waals surface area contributed by atoms with Gasteiger partial charge < -0.3 is 4.57 Å². The molecule has 7 aromatic rings. The summed E-state index contributed by atoms with van der Waals surface area (Å²) in [5.74, 6) is 0. The van der Waals surface area contributed by atoms with Gasteiger partial charge in [-0.3, -0.25) is 0 Å². The fourth-order valence-corrected chi connectivity index (χ4v) is 5.12. The van der Waals surface area contributed by atoms with Gasteiger partial charge in [0.05, 0.1) is 22.1 Å². The number of fused-ring (bicyclic) bond motifs is 5. The lowest BCUT2D eigenvalue weighted by molar-refractivity contribution is 1.18. The number of hydrogen-bond acceptors (Lipinski definition) is 2. The third kappa shape index (κ3) is 2.91. The fourth-order valence-electron chi connectivity index (χ4n) is 4.88. The van der Waals surface area contributed by atoms with Crippen LogP contribution in [-0.2, 0) is 0 Å². The van der Waals surface area contributed by atoms with Crippen LogP contribution in [0.25, 0.3) is 60.6 Å². The van der Waals surface area contributed by atoms with Gasteiger partial charge in [-0.2, -0.15) is 0 Å². The average molecular weight is 456 g/mol. The van der Waals surface area contributed by atoms with E-state index in [1.165, 1.54) is 27.2 Å². The number of para-hydroxylation sites is 4. The van der Waals surface area contributed by atoms with E-state index in [0.717, 1.165) is 27.7 Å². The van der Waals surface area contributed by atoms with Crippen molar-refractivity contribution >= 4 is 55.2 Å². The lowest BCUT2D eigenvalue weighted by Crippen LogP contribution is -1.93. The van der Waals surface area contributed by atoms with Crippen LogP contribution in [0, 0.1) is 0 Å². The van der Waals surface area contributed by atoms with Crippen LogP contribution in [-0.4, -0.2) is 14.5 Å². The van der Waals surface area contributed by atoms with E-state index in [4.69, 9.17) is 16.6 Å². The summed E-state index contributed by atoms with van der Waals surface area (Å²) in [7, 11) is 0. The van der Waals surface area contributed by atoms with Crippen molar-refractivity contribution in [3.05, 3.63) is 114 Å². The van der Waals surface area contributed by atoms with E-state index in [9.17, 15) is 0 Å². The van der Waals surface area contributed by atoms with Crippen molar-refractivity contribution in [2.45, 2.75) is 0 Å². The normalized spacial score (nSPS) is 11.7. The van der Waals surface area contributed by atoms with Gasteiger partial charge in [0.25, 0.3) is 0 Å². The van der Waals surface area contributed by atoms with Crippen LogP contribution in [0.3, 0.4) is 0 Å². The summed E-state index contributed by atoms with van der Waals surface area (Å²) in [4.78, 5) is 9.38. The van der Waals surface area contributed by atoms with Gasteiger partial charge >= 0.3 is 0 Å². The van der Waals surface area contributed by atoms with E-state index in [2.05, 4.69) is 88.4 Å². The number of nitrogens with zero attached hydrogens (tertiary/aromatic N) is 3. The Kier molecular flexibility index (Phi) is 4.20. The maximum Gasteiger partial charge on any atom is 0.156 e. The molecule has 0 N–H and O–H groups in total. The predicted molar refractivity (Wildman–Crippen MR) is 142 cm³/mol. The SMILES string of the molecule is Clc1nc2ccccc2nc1-c1ccc2cc3c4ccccc4n(-c4ccccc4)c3cc2c1. The monoisotopic (exact) mass is 455 g/mol. The standard InChI is InChI=1S/C30H18ClN3/c31-30-29(32-25-11-5-6-12-26(25)33-30)20-15-14-19-17-24-23-10-4-7-13-27(23)34(22-8-2-1-3-9-22)28(24)18-21(19)16-20/h1-18H. The zero-order chi connectivity index (χ0) is 22.6. The highest BCUT2D eigenvalue weighted by Gasteiger charge is 2.14. The number of hydrogen-bond donors (Lipinski definition) is 0. The van der Waals surface area contributed by atoms with Gasteiger partial charge in [-0.15, -0.1) is 0 Å². The van der Waals surface area contributed by atoms with Crippen LogP contribution in [0.1, 0.15) is 0 Å². The second-order valence-corrected chi connectivity index (χ2v) is 8.83. The van der Waals surface area contributed by atoms with Crippen LogP contribution in [0.15, 0.2) is 109 Å². The summed E-state index contributed by atoms with van der Waals surface area (Å²) in [5, 5.41) is 5.21. The molecule has 0 aliphatic rings. The Labute approximate surface area is 200 Å². The van der Waals surface area contributed by atoms with Crippen molar-refractivity contribution < 1.29 is 0 Å². The molecule has 2 heterocycles. The molecule has 4 heteroatoms. The lowest BCUT2D eigenvalue weighted by atomic mass is 10.0. The largest absolute Gasteiger partial charge is 0.309 e. The Balaban J connectivity index is 1.51. The van der Waals surface area contributed by atoms with E-state index < -0.39 is 0 Å².